The second kappa shape index (κ2) is 4.63. The van der Waals surface area contributed by atoms with Crippen LogP contribution >= 0.6 is 22.9 Å². The zero-order valence-corrected chi connectivity index (χ0v) is 11.4. The summed E-state index contributed by atoms with van der Waals surface area (Å²) in [4.78, 5) is 9.62. The molecule has 18 heavy (non-hydrogen) atoms. The first kappa shape index (κ1) is 11.6. The Kier molecular flexibility index (Phi) is 2.97. The van der Waals surface area contributed by atoms with Crippen LogP contribution in [0, 0.1) is 0 Å². The molecule has 0 saturated carbocycles. The molecule has 0 amide bonds. The minimum atomic E-state index is 0.719. The fourth-order valence-corrected chi connectivity index (χ4v) is 2.90. The highest BCUT2D eigenvalue weighted by Crippen LogP contribution is 2.27. The predicted octanol–water partition coefficient (Wildman–Crippen LogP) is 3.91. The van der Waals surface area contributed by atoms with E-state index in [1.807, 2.05) is 13.2 Å². The first-order chi connectivity index (χ1) is 8.74. The number of aromatic nitrogens is 2. The molecule has 92 valence electrons. The number of nitrogens with zero attached hydrogens (tertiary/aromatic N) is 2. The average Bonchev–Trinajstić information content (AvgIpc) is 2.97. The van der Waals surface area contributed by atoms with Gasteiger partial charge in [0.1, 0.15) is 4.34 Å². The third kappa shape index (κ3) is 2.09. The molecule has 0 spiro atoms. The third-order valence-corrected chi connectivity index (χ3v) is 4.11. The molecule has 0 unspecified atom stereocenters. The number of fused-ring (bicyclic) bond motifs is 1. The number of nitrogens with one attached hydrogen (secondary N) is 1. The lowest BCUT2D eigenvalue weighted by Gasteiger charge is -2.16. The molecular weight excluding hydrogens is 266 g/mol. The van der Waals surface area contributed by atoms with E-state index in [4.69, 9.17) is 11.6 Å². The number of anilines is 1. The van der Waals surface area contributed by atoms with Crippen molar-refractivity contribution in [1.29, 1.82) is 0 Å². The number of benzene rings is 1. The molecule has 0 atom stereocenters. The summed E-state index contributed by atoms with van der Waals surface area (Å²) in [5.41, 5.74) is 2.45. The van der Waals surface area contributed by atoms with Gasteiger partial charge < -0.3 is 9.88 Å². The standard InChI is InChI=1S/C13H12ClN3S/c1-17(13-16-7-12(14)18-13)8-9-3-2-4-11-10(9)5-6-15-11/h2-7,15H,8H2,1H3. The molecule has 3 nitrogen and oxygen atoms in total. The lowest BCUT2D eigenvalue weighted by atomic mass is 10.1. The van der Waals surface area contributed by atoms with Gasteiger partial charge in [-0.2, -0.15) is 0 Å². The Morgan fingerprint density at radius 2 is 2.28 bits per heavy atom. The number of H-pyrrole nitrogens is 1. The molecule has 1 N–H and O–H groups in total. The molecule has 0 radical (unpaired) electrons. The summed E-state index contributed by atoms with van der Waals surface area (Å²) in [7, 11) is 2.03. The maximum Gasteiger partial charge on any atom is 0.186 e. The molecule has 1 aromatic carbocycles. The quantitative estimate of drug-likeness (QED) is 0.787. The van der Waals surface area contributed by atoms with E-state index in [1.165, 1.54) is 22.3 Å². The fourth-order valence-electron chi connectivity index (χ4n) is 2.03. The highest BCUT2D eigenvalue weighted by atomic mass is 35.5. The number of halogens is 1. The average molecular weight is 278 g/mol. The molecule has 0 fully saturated rings. The molecule has 5 heteroatoms. The van der Waals surface area contributed by atoms with Crippen molar-refractivity contribution in [3.63, 3.8) is 0 Å². The van der Waals surface area contributed by atoms with Gasteiger partial charge in [0, 0.05) is 30.7 Å². The summed E-state index contributed by atoms with van der Waals surface area (Å²) >= 11 is 7.40. The van der Waals surface area contributed by atoms with Crippen LogP contribution < -0.4 is 4.90 Å². The number of hydrogen-bond acceptors (Lipinski definition) is 3. The summed E-state index contributed by atoms with van der Waals surface area (Å²) in [6.07, 6.45) is 3.66. The van der Waals surface area contributed by atoms with Crippen LogP contribution in [0.5, 0.6) is 0 Å². The molecule has 2 aromatic heterocycles. The van der Waals surface area contributed by atoms with Crippen molar-refractivity contribution in [3.8, 4) is 0 Å². The van der Waals surface area contributed by atoms with Crippen molar-refractivity contribution >= 4 is 39.0 Å². The van der Waals surface area contributed by atoms with Crippen molar-refractivity contribution in [1.82, 2.24) is 9.97 Å². The Morgan fingerprint density at radius 1 is 1.39 bits per heavy atom. The lowest BCUT2D eigenvalue weighted by Crippen LogP contribution is -2.16. The van der Waals surface area contributed by atoms with Gasteiger partial charge in [0.25, 0.3) is 0 Å². The highest BCUT2D eigenvalue weighted by molar-refractivity contribution is 7.19. The van der Waals surface area contributed by atoms with Crippen molar-refractivity contribution < 1.29 is 0 Å². The van der Waals surface area contributed by atoms with E-state index in [0.717, 1.165) is 21.5 Å². The first-order valence-electron chi connectivity index (χ1n) is 5.61. The Balaban J connectivity index is 1.90. The van der Waals surface area contributed by atoms with E-state index in [9.17, 15) is 0 Å². The van der Waals surface area contributed by atoms with E-state index >= 15 is 0 Å². The second-order valence-corrected chi connectivity index (χ2v) is 5.80. The van der Waals surface area contributed by atoms with E-state index in [2.05, 4.69) is 39.1 Å². The smallest absolute Gasteiger partial charge is 0.186 e. The van der Waals surface area contributed by atoms with Crippen molar-refractivity contribution in [2.75, 3.05) is 11.9 Å². The van der Waals surface area contributed by atoms with Crippen LogP contribution in [0.2, 0.25) is 4.34 Å². The highest BCUT2D eigenvalue weighted by Gasteiger charge is 2.09. The summed E-state index contributed by atoms with van der Waals surface area (Å²) < 4.78 is 0.719. The first-order valence-corrected chi connectivity index (χ1v) is 6.81. The molecule has 0 aliphatic heterocycles. The van der Waals surface area contributed by atoms with Crippen molar-refractivity contribution in [2.24, 2.45) is 0 Å². The number of rotatable bonds is 3. The maximum atomic E-state index is 5.91. The number of hydrogen-bond donors (Lipinski definition) is 1. The summed E-state index contributed by atoms with van der Waals surface area (Å²) in [5.74, 6) is 0. The summed E-state index contributed by atoms with van der Waals surface area (Å²) in [5, 5.41) is 2.19. The molecule has 0 aliphatic carbocycles. The van der Waals surface area contributed by atoms with Gasteiger partial charge in [-0.05, 0) is 17.7 Å². The molecule has 0 aliphatic rings. The minimum Gasteiger partial charge on any atom is -0.361 e. The lowest BCUT2D eigenvalue weighted by molar-refractivity contribution is 0.922. The molecule has 3 rings (SSSR count). The van der Waals surface area contributed by atoms with Gasteiger partial charge >= 0.3 is 0 Å². The minimum absolute atomic E-state index is 0.719. The van der Waals surface area contributed by atoms with Crippen LogP contribution in [0.1, 0.15) is 5.56 Å². The van der Waals surface area contributed by atoms with E-state index in [1.54, 1.807) is 6.20 Å². The SMILES string of the molecule is CN(Cc1cccc2[nH]ccc12)c1ncc(Cl)s1. The van der Waals surface area contributed by atoms with Crippen LogP contribution in [0.25, 0.3) is 10.9 Å². The van der Waals surface area contributed by atoms with Crippen molar-refractivity contribution in [2.45, 2.75) is 6.54 Å². The Bertz CT molecular complexity index is 673. The monoisotopic (exact) mass is 277 g/mol. The third-order valence-electron chi connectivity index (χ3n) is 2.88. The zero-order valence-electron chi connectivity index (χ0n) is 9.85. The Morgan fingerprint density at radius 3 is 3.06 bits per heavy atom. The summed E-state index contributed by atoms with van der Waals surface area (Å²) in [6.45, 7) is 0.818. The van der Waals surface area contributed by atoms with E-state index in [0.29, 0.717) is 0 Å². The Labute approximate surface area is 114 Å². The van der Waals surface area contributed by atoms with E-state index in [-0.39, 0.29) is 0 Å². The molecule has 0 bridgehead atoms. The maximum absolute atomic E-state index is 5.91. The van der Waals surface area contributed by atoms with Crippen LogP contribution in [0.3, 0.4) is 0 Å². The van der Waals surface area contributed by atoms with Gasteiger partial charge in [-0.15, -0.1) is 0 Å². The zero-order chi connectivity index (χ0) is 12.5. The largest absolute Gasteiger partial charge is 0.361 e. The van der Waals surface area contributed by atoms with Gasteiger partial charge in [0.15, 0.2) is 5.13 Å². The predicted molar refractivity (Wildman–Crippen MR) is 77.5 cm³/mol. The molecule has 2 heterocycles. The van der Waals surface area contributed by atoms with Crippen LogP contribution in [0.4, 0.5) is 5.13 Å². The van der Waals surface area contributed by atoms with Gasteiger partial charge in [-0.1, -0.05) is 35.1 Å². The van der Waals surface area contributed by atoms with Gasteiger partial charge in [0.2, 0.25) is 0 Å². The van der Waals surface area contributed by atoms with Crippen LogP contribution in [-0.4, -0.2) is 17.0 Å². The molecule has 3 aromatic rings. The number of aromatic amines is 1. The van der Waals surface area contributed by atoms with Crippen LogP contribution in [-0.2, 0) is 6.54 Å². The molecular formula is C13H12ClN3S. The number of thiazole rings is 1. The van der Waals surface area contributed by atoms with Gasteiger partial charge in [-0.3, -0.25) is 0 Å². The molecule has 0 saturated heterocycles. The normalized spacial score (nSPS) is 11.0. The van der Waals surface area contributed by atoms with E-state index < -0.39 is 0 Å². The van der Waals surface area contributed by atoms with Crippen LogP contribution in [0.15, 0.2) is 36.7 Å². The topological polar surface area (TPSA) is 31.9 Å². The fraction of sp³-hybridized carbons (Fsp3) is 0.154. The van der Waals surface area contributed by atoms with Gasteiger partial charge in [-0.25, -0.2) is 4.98 Å². The second-order valence-electron chi connectivity index (χ2n) is 4.16. The van der Waals surface area contributed by atoms with Crippen molar-refractivity contribution in [3.05, 3.63) is 46.6 Å². The van der Waals surface area contributed by atoms with Gasteiger partial charge in [0.05, 0.1) is 6.20 Å². The summed E-state index contributed by atoms with van der Waals surface area (Å²) in [6, 6.07) is 8.39. The Hall–Kier alpha value is -1.52.